The van der Waals surface area contributed by atoms with Crippen LogP contribution in [0.15, 0.2) is 35.7 Å². The van der Waals surface area contributed by atoms with Crippen LogP contribution in [0.1, 0.15) is 45.5 Å². The van der Waals surface area contributed by atoms with Gasteiger partial charge >= 0.3 is 5.97 Å². The molecule has 0 saturated heterocycles. The van der Waals surface area contributed by atoms with Crippen molar-refractivity contribution in [3.63, 3.8) is 0 Å². The summed E-state index contributed by atoms with van der Waals surface area (Å²) in [6, 6.07) is 9.72. The first kappa shape index (κ1) is 20.3. The highest BCUT2D eigenvalue weighted by Crippen LogP contribution is 2.33. The van der Waals surface area contributed by atoms with Gasteiger partial charge in [-0.2, -0.15) is 5.10 Å². The minimum Gasteiger partial charge on any atom is -0.452 e. The molecular formula is C23H25N3O3S. The SMILES string of the molecule is Cc1nn(-c2ccccc2)c(C)c1NC(=O)COC(=O)c1csc2c1CCC(C)C2. The van der Waals surface area contributed by atoms with Gasteiger partial charge in [-0.15, -0.1) is 11.3 Å². The molecule has 0 aliphatic heterocycles. The first-order valence-electron chi connectivity index (χ1n) is 10.1. The number of nitrogens with one attached hydrogen (secondary N) is 1. The van der Waals surface area contributed by atoms with E-state index in [0.29, 0.717) is 22.9 Å². The van der Waals surface area contributed by atoms with Crippen LogP contribution >= 0.6 is 11.3 Å². The molecule has 2 aromatic heterocycles. The van der Waals surface area contributed by atoms with E-state index in [4.69, 9.17) is 4.74 Å². The van der Waals surface area contributed by atoms with E-state index in [0.717, 1.165) is 36.2 Å². The second-order valence-corrected chi connectivity index (χ2v) is 8.78. The van der Waals surface area contributed by atoms with Gasteiger partial charge in [0, 0.05) is 10.3 Å². The molecule has 0 radical (unpaired) electrons. The number of ether oxygens (including phenoxy) is 1. The van der Waals surface area contributed by atoms with Crippen LogP contribution in [0.5, 0.6) is 0 Å². The monoisotopic (exact) mass is 423 g/mol. The second kappa shape index (κ2) is 8.44. The maximum atomic E-state index is 12.5. The number of anilines is 1. The average molecular weight is 424 g/mol. The predicted molar refractivity (Wildman–Crippen MR) is 117 cm³/mol. The number of aryl methyl sites for hydroxylation is 1. The number of esters is 1. The standard InChI is InChI=1S/C23H25N3O3S/c1-14-9-10-18-19(13-30-20(18)11-14)23(28)29-12-21(27)24-22-15(2)25-26(16(22)3)17-7-5-4-6-8-17/h4-8,13-14H,9-12H2,1-3H3,(H,24,27). The number of thiophene rings is 1. The van der Waals surface area contributed by atoms with Gasteiger partial charge in [-0.3, -0.25) is 4.79 Å². The van der Waals surface area contributed by atoms with Crippen LogP contribution in [-0.2, 0) is 22.4 Å². The molecule has 1 unspecified atom stereocenters. The Labute approximate surface area is 179 Å². The number of aromatic nitrogens is 2. The van der Waals surface area contributed by atoms with Crippen LogP contribution < -0.4 is 5.32 Å². The minimum atomic E-state index is -0.425. The van der Waals surface area contributed by atoms with Gasteiger partial charge in [0.05, 0.1) is 28.3 Å². The molecule has 3 aromatic rings. The maximum absolute atomic E-state index is 12.5. The Morgan fingerprint density at radius 3 is 2.80 bits per heavy atom. The molecule has 0 saturated carbocycles. The van der Waals surface area contributed by atoms with Crippen LogP contribution in [0.3, 0.4) is 0 Å². The number of benzene rings is 1. The van der Waals surface area contributed by atoms with Crippen molar-refractivity contribution in [3.8, 4) is 5.69 Å². The number of carbonyl (C=O) groups is 2. The molecule has 1 aliphatic carbocycles. The molecule has 1 aliphatic rings. The quantitative estimate of drug-likeness (QED) is 0.615. The molecule has 1 atom stereocenters. The lowest BCUT2D eigenvalue weighted by Gasteiger charge is -2.18. The molecule has 0 bridgehead atoms. The van der Waals surface area contributed by atoms with E-state index in [1.54, 1.807) is 16.0 Å². The third-order valence-electron chi connectivity index (χ3n) is 5.51. The fourth-order valence-electron chi connectivity index (χ4n) is 3.88. The molecule has 1 amide bonds. The number of carbonyl (C=O) groups excluding carboxylic acids is 2. The largest absolute Gasteiger partial charge is 0.452 e. The Balaban J connectivity index is 1.40. The minimum absolute atomic E-state index is 0.324. The molecule has 1 aromatic carbocycles. The molecule has 6 nitrogen and oxygen atoms in total. The van der Waals surface area contributed by atoms with Gasteiger partial charge in [-0.05, 0) is 56.7 Å². The zero-order valence-corrected chi connectivity index (χ0v) is 18.2. The van der Waals surface area contributed by atoms with E-state index in [-0.39, 0.29) is 12.5 Å². The van der Waals surface area contributed by atoms with Gasteiger partial charge in [0.15, 0.2) is 6.61 Å². The number of rotatable bonds is 5. The number of nitrogens with zero attached hydrogens (tertiary/aromatic N) is 2. The van der Waals surface area contributed by atoms with E-state index in [9.17, 15) is 9.59 Å². The van der Waals surface area contributed by atoms with Crippen LogP contribution in [0.25, 0.3) is 5.69 Å². The number of hydrogen-bond donors (Lipinski definition) is 1. The van der Waals surface area contributed by atoms with E-state index in [1.165, 1.54) is 4.88 Å². The highest BCUT2D eigenvalue weighted by Gasteiger charge is 2.24. The maximum Gasteiger partial charge on any atom is 0.339 e. The van der Waals surface area contributed by atoms with E-state index < -0.39 is 5.97 Å². The van der Waals surface area contributed by atoms with Crippen molar-refractivity contribution in [2.75, 3.05) is 11.9 Å². The first-order chi connectivity index (χ1) is 14.4. The molecule has 4 rings (SSSR count). The van der Waals surface area contributed by atoms with Crippen LogP contribution in [0.2, 0.25) is 0 Å². The van der Waals surface area contributed by atoms with Gasteiger partial charge in [-0.25, -0.2) is 9.48 Å². The Bertz CT molecular complexity index is 1080. The summed E-state index contributed by atoms with van der Waals surface area (Å²) in [7, 11) is 0. The normalized spacial score (nSPS) is 15.5. The summed E-state index contributed by atoms with van der Waals surface area (Å²) < 4.78 is 7.10. The van der Waals surface area contributed by atoms with Crippen molar-refractivity contribution in [2.24, 2.45) is 5.92 Å². The number of hydrogen-bond acceptors (Lipinski definition) is 5. The summed E-state index contributed by atoms with van der Waals surface area (Å²) in [5.41, 5.74) is 4.79. The van der Waals surface area contributed by atoms with Gasteiger partial charge < -0.3 is 10.1 Å². The zero-order valence-electron chi connectivity index (χ0n) is 17.4. The molecular weight excluding hydrogens is 398 g/mol. The third-order valence-corrected chi connectivity index (χ3v) is 6.56. The summed E-state index contributed by atoms with van der Waals surface area (Å²) in [5.74, 6) is -0.153. The molecule has 30 heavy (non-hydrogen) atoms. The lowest BCUT2D eigenvalue weighted by atomic mass is 9.88. The molecule has 1 N–H and O–H groups in total. The molecule has 156 valence electrons. The Morgan fingerprint density at radius 1 is 1.27 bits per heavy atom. The Morgan fingerprint density at radius 2 is 2.03 bits per heavy atom. The first-order valence-corrected chi connectivity index (χ1v) is 11.0. The number of para-hydroxylation sites is 1. The Hall–Kier alpha value is -2.93. The van der Waals surface area contributed by atoms with Crippen LogP contribution in [0, 0.1) is 19.8 Å². The van der Waals surface area contributed by atoms with Crippen molar-refractivity contribution in [2.45, 2.75) is 40.0 Å². The lowest BCUT2D eigenvalue weighted by Crippen LogP contribution is -2.22. The van der Waals surface area contributed by atoms with Gasteiger partial charge in [0.1, 0.15) is 0 Å². The van der Waals surface area contributed by atoms with Crippen LogP contribution in [-0.4, -0.2) is 28.3 Å². The fourth-order valence-corrected chi connectivity index (χ4v) is 5.11. The fraction of sp³-hybridized carbons (Fsp3) is 0.348. The Kier molecular flexibility index (Phi) is 5.72. The lowest BCUT2D eigenvalue weighted by molar-refractivity contribution is -0.119. The smallest absolute Gasteiger partial charge is 0.339 e. The summed E-state index contributed by atoms with van der Waals surface area (Å²) in [4.78, 5) is 26.2. The van der Waals surface area contributed by atoms with Gasteiger partial charge in [0.2, 0.25) is 0 Å². The molecule has 0 spiro atoms. The van der Waals surface area contributed by atoms with Gasteiger partial charge in [0.25, 0.3) is 5.91 Å². The molecule has 0 fully saturated rings. The number of amides is 1. The van der Waals surface area contributed by atoms with Crippen molar-refractivity contribution in [1.29, 1.82) is 0 Å². The van der Waals surface area contributed by atoms with E-state index in [1.807, 2.05) is 49.6 Å². The topological polar surface area (TPSA) is 73.2 Å². The molecule has 2 heterocycles. The van der Waals surface area contributed by atoms with Crippen LogP contribution in [0.4, 0.5) is 5.69 Å². The van der Waals surface area contributed by atoms with Crippen molar-refractivity contribution < 1.29 is 14.3 Å². The van der Waals surface area contributed by atoms with Gasteiger partial charge in [-0.1, -0.05) is 25.1 Å². The third kappa shape index (κ3) is 4.03. The average Bonchev–Trinajstić information content (AvgIpc) is 3.28. The van der Waals surface area contributed by atoms with E-state index >= 15 is 0 Å². The van der Waals surface area contributed by atoms with Crippen molar-refractivity contribution in [3.05, 3.63) is 63.1 Å². The summed E-state index contributed by atoms with van der Waals surface area (Å²) in [6.45, 7) is 5.64. The highest BCUT2D eigenvalue weighted by atomic mass is 32.1. The zero-order chi connectivity index (χ0) is 21.3. The van der Waals surface area contributed by atoms with E-state index in [2.05, 4.69) is 17.3 Å². The highest BCUT2D eigenvalue weighted by molar-refractivity contribution is 7.10. The summed E-state index contributed by atoms with van der Waals surface area (Å²) in [5, 5.41) is 9.22. The second-order valence-electron chi connectivity index (χ2n) is 7.82. The predicted octanol–water partition coefficient (Wildman–Crippen LogP) is 4.47. The summed E-state index contributed by atoms with van der Waals surface area (Å²) in [6.07, 6.45) is 2.99. The summed E-state index contributed by atoms with van der Waals surface area (Å²) >= 11 is 1.61. The van der Waals surface area contributed by atoms with Crippen molar-refractivity contribution >= 4 is 28.9 Å². The molecule has 7 heteroatoms. The van der Waals surface area contributed by atoms with Crippen molar-refractivity contribution in [1.82, 2.24) is 9.78 Å². The number of fused-ring (bicyclic) bond motifs is 1.